The quantitative estimate of drug-likeness (QED) is 0.580. The highest BCUT2D eigenvalue weighted by molar-refractivity contribution is 7.91. The third kappa shape index (κ3) is 3.69. The zero-order valence-corrected chi connectivity index (χ0v) is 18.7. The second kappa shape index (κ2) is 7.74. The van der Waals surface area contributed by atoms with E-state index in [1.165, 1.54) is 18.3 Å². The van der Waals surface area contributed by atoms with Gasteiger partial charge < -0.3 is 14.4 Å². The highest BCUT2D eigenvalue weighted by atomic mass is 35.5. The summed E-state index contributed by atoms with van der Waals surface area (Å²) in [6, 6.07) is 12.2. The van der Waals surface area contributed by atoms with Gasteiger partial charge in [0, 0.05) is 42.5 Å². The van der Waals surface area contributed by atoms with Crippen molar-refractivity contribution >= 4 is 38.0 Å². The minimum Gasteiger partial charge on any atom is -0.369 e. The maximum atomic E-state index is 13.6. The predicted molar refractivity (Wildman–Crippen MR) is 119 cm³/mol. The van der Waals surface area contributed by atoms with Crippen molar-refractivity contribution < 1.29 is 17.9 Å². The van der Waals surface area contributed by atoms with Crippen LogP contribution in [0.25, 0.3) is 10.9 Å². The molecule has 2 fully saturated rings. The average molecular weight is 459 g/mol. The zero-order valence-electron chi connectivity index (χ0n) is 17.2. The van der Waals surface area contributed by atoms with Crippen LogP contribution < -0.4 is 4.90 Å². The Bertz CT molecular complexity index is 1230. The first kappa shape index (κ1) is 20.7. The smallest absolute Gasteiger partial charge is 0.210 e. The van der Waals surface area contributed by atoms with Gasteiger partial charge in [0.15, 0.2) is 5.79 Å². The Balaban J connectivity index is 1.64. The maximum Gasteiger partial charge on any atom is 0.210 e. The molecule has 162 valence electrons. The molecule has 0 amide bonds. The lowest BCUT2D eigenvalue weighted by Gasteiger charge is -2.39. The summed E-state index contributed by atoms with van der Waals surface area (Å²) >= 11 is 5.98. The van der Waals surface area contributed by atoms with E-state index in [-0.39, 0.29) is 9.79 Å². The van der Waals surface area contributed by atoms with Gasteiger partial charge in [0.1, 0.15) is 4.90 Å². The molecule has 1 aromatic heterocycles. The molecule has 0 bridgehead atoms. The summed E-state index contributed by atoms with van der Waals surface area (Å²) in [5.41, 5.74) is 2.51. The third-order valence-electron chi connectivity index (χ3n) is 6.03. The average Bonchev–Trinajstić information content (AvgIpc) is 3.22. The number of aromatic nitrogens is 1. The molecule has 2 aliphatic rings. The molecular weight excluding hydrogens is 436 g/mol. The topological polar surface area (TPSA) is 68.7 Å². The Hall–Kier alpha value is -2.19. The van der Waals surface area contributed by atoms with Crippen LogP contribution in [-0.2, 0) is 19.3 Å². The van der Waals surface area contributed by atoms with E-state index in [1.807, 2.05) is 25.1 Å². The van der Waals surface area contributed by atoms with Crippen molar-refractivity contribution in [3.8, 4) is 0 Å². The SMILES string of the molecule is Cc1ccc2ncc(S(=O)(=O)c3ccc(Cl)cc3)c(N3CCC4(CC3)OCCO4)c2c1. The first-order valence-electron chi connectivity index (χ1n) is 10.3. The molecule has 2 saturated heterocycles. The fourth-order valence-electron chi connectivity index (χ4n) is 4.39. The van der Waals surface area contributed by atoms with Gasteiger partial charge in [-0.1, -0.05) is 23.2 Å². The number of pyridine rings is 1. The molecule has 31 heavy (non-hydrogen) atoms. The molecular formula is C23H23ClN2O4S. The summed E-state index contributed by atoms with van der Waals surface area (Å²) in [7, 11) is -3.79. The van der Waals surface area contributed by atoms with E-state index in [9.17, 15) is 8.42 Å². The molecule has 0 atom stereocenters. The van der Waals surface area contributed by atoms with Crippen LogP contribution in [0.4, 0.5) is 5.69 Å². The molecule has 6 nitrogen and oxygen atoms in total. The Labute approximate surface area is 186 Å². The molecule has 5 rings (SSSR count). The third-order valence-corrected chi connectivity index (χ3v) is 8.05. The number of piperidine rings is 1. The van der Waals surface area contributed by atoms with Crippen LogP contribution in [0.3, 0.4) is 0 Å². The van der Waals surface area contributed by atoms with Crippen LogP contribution in [0.1, 0.15) is 18.4 Å². The first-order chi connectivity index (χ1) is 14.9. The van der Waals surface area contributed by atoms with Crippen molar-refractivity contribution in [3.63, 3.8) is 0 Å². The monoisotopic (exact) mass is 458 g/mol. The molecule has 2 aliphatic heterocycles. The largest absolute Gasteiger partial charge is 0.369 e. The van der Waals surface area contributed by atoms with Crippen molar-refractivity contribution in [2.45, 2.75) is 35.3 Å². The molecule has 2 aromatic carbocycles. The number of anilines is 1. The summed E-state index contributed by atoms with van der Waals surface area (Å²) in [6.45, 7) is 4.47. The van der Waals surface area contributed by atoms with Gasteiger partial charge in [-0.15, -0.1) is 0 Å². The van der Waals surface area contributed by atoms with Crippen LogP contribution in [-0.4, -0.2) is 45.5 Å². The van der Waals surface area contributed by atoms with Gasteiger partial charge in [-0.25, -0.2) is 8.42 Å². The summed E-state index contributed by atoms with van der Waals surface area (Å²) < 4.78 is 39.0. The number of halogens is 1. The van der Waals surface area contributed by atoms with Crippen molar-refractivity contribution in [1.29, 1.82) is 0 Å². The molecule has 0 radical (unpaired) electrons. The molecule has 3 aromatic rings. The van der Waals surface area contributed by atoms with Gasteiger partial charge in [0.05, 0.1) is 29.3 Å². The number of hydrogen-bond acceptors (Lipinski definition) is 6. The second-order valence-corrected chi connectivity index (χ2v) is 10.4. The maximum absolute atomic E-state index is 13.6. The van der Waals surface area contributed by atoms with Gasteiger partial charge in [-0.3, -0.25) is 4.98 Å². The molecule has 0 unspecified atom stereocenters. The van der Waals surface area contributed by atoms with E-state index in [2.05, 4.69) is 9.88 Å². The molecule has 0 aliphatic carbocycles. The fourth-order valence-corrected chi connectivity index (χ4v) is 5.95. The number of fused-ring (bicyclic) bond motifs is 1. The number of hydrogen-bond donors (Lipinski definition) is 0. The lowest BCUT2D eigenvalue weighted by molar-refractivity contribution is -0.169. The number of nitrogens with zero attached hydrogens (tertiary/aromatic N) is 2. The van der Waals surface area contributed by atoms with E-state index >= 15 is 0 Å². The van der Waals surface area contributed by atoms with Crippen LogP contribution in [0, 0.1) is 6.92 Å². The second-order valence-electron chi connectivity index (χ2n) is 8.04. The molecule has 8 heteroatoms. The van der Waals surface area contributed by atoms with Crippen molar-refractivity contribution in [1.82, 2.24) is 4.98 Å². The van der Waals surface area contributed by atoms with Crippen molar-refractivity contribution in [2.75, 3.05) is 31.2 Å². The molecule has 3 heterocycles. The highest BCUT2D eigenvalue weighted by Crippen LogP contribution is 2.40. The van der Waals surface area contributed by atoms with Crippen LogP contribution in [0.2, 0.25) is 5.02 Å². The first-order valence-corrected chi connectivity index (χ1v) is 12.2. The Morgan fingerprint density at radius 2 is 1.71 bits per heavy atom. The summed E-state index contributed by atoms with van der Waals surface area (Å²) in [5.74, 6) is -0.537. The predicted octanol–water partition coefficient (Wildman–Crippen LogP) is 4.37. The van der Waals surface area contributed by atoms with E-state index in [0.717, 1.165) is 16.5 Å². The van der Waals surface area contributed by atoms with Crippen LogP contribution >= 0.6 is 11.6 Å². The Morgan fingerprint density at radius 1 is 1.03 bits per heavy atom. The van der Waals surface area contributed by atoms with Crippen molar-refractivity contribution in [2.24, 2.45) is 0 Å². The summed E-state index contributed by atoms with van der Waals surface area (Å²) in [5, 5.41) is 1.32. The normalized spacial score (nSPS) is 18.7. The summed E-state index contributed by atoms with van der Waals surface area (Å²) in [6.07, 6.45) is 2.84. The van der Waals surface area contributed by atoms with Crippen LogP contribution in [0.15, 0.2) is 58.5 Å². The van der Waals surface area contributed by atoms with Gasteiger partial charge in [-0.05, 0) is 43.3 Å². The zero-order chi connectivity index (χ0) is 21.6. The number of sulfone groups is 1. The standard InChI is InChI=1S/C23H23ClN2O4S/c1-16-2-7-20-19(14-16)22(26-10-8-23(9-11-26)29-12-13-30-23)21(15-25-20)31(27,28)18-5-3-17(24)4-6-18/h2-7,14-15H,8-13H2,1H3. The van der Waals surface area contributed by atoms with Crippen LogP contribution in [0.5, 0.6) is 0 Å². The molecule has 0 N–H and O–H groups in total. The Morgan fingerprint density at radius 3 is 2.39 bits per heavy atom. The Kier molecular flexibility index (Phi) is 5.17. The number of rotatable bonds is 3. The van der Waals surface area contributed by atoms with Gasteiger partial charge >= 0.3 is 0 Å². The van der Waals surface area contributed by atoms with E-state index < -0.39 is 15.6 Å². The van der Waals surface area contributed by atoms with E-state index in [4.69, 9.17) is 21.1 Å². The van der Waals surface area contributed by atoms with E-state index in [0.29, 0.717) is 49.9 Å². The lowest BCUT2D eigenvalue weighted by atomic mass is 10.0. The minimum absolute atomic E-state index is 0.197. The number of benzene rings is 2. The molecule has 1 spiro atoms. The fraction of sp³-hybridized carbons (Fsp3) is 0.348. The van der Waals surface area contributed by atoms with Gasteiger partial charge in [0.25, 0.3) is 0 Å². The highest BCUT2D eigenvalue weighted by Gasteiger charge is 2.41. The molecule has 0 saturated carbocycles. The van der Waals surface area contributed by atoms with E-state index in [1.54, 1.807) is 12.1 Å². The lowest BCUT2D eigenvalue weighted by Crippen LogP contribution is -2.45. The van der Waals surface area contributed by atoms with Gasteiger partial charge in [0.2, 0.25) is 9.84 Å². The minimum atomic E-state index is -3.79. The summed E-state index contributed by atoms with van der Waals surface area (Å²) in [4.78, 5) is 7.01. The number of aryl methyl sites for hydroxylation is 1. The van der Waals surface area contributed by atoms with Crippen molar-refractivity contribution in [3.05, 3.63) is 59.2 Å². The van der Waals surface area contributed by atoms with Gasteiger partial charge in [-0.2, -0.15) is 0 Å². The number of ether oxygens (including phenoxy) is 2.